The summed E-state index contributed by atoms with van der Waals surface area (Å²) in [5.41, 5.74) is 0.0568. The summed E-state index contributed by atoms with van der Waals surface area (Å²) in [6.45, 7) is 1.71. The van der Waals surface area contributed by atoms with E-state index in [0.717, 1.165) is 25.9 Å². The number of aromatic nitrogens is 3. The lowest BCUT2D eigenvalue weighted by Crippen LogP contribution is -2.41. The first-order chi connectivity index (χ1) is 10.2. The molecular formula is C14H18FN5O. The Kier molecular flexibility index (Phi) is 3.74. The van der Waals surface area contributed by atoms with Crippen LogP contribution in [0.5, 0.6) is 5.75 Å². The summed E-state index contributed by atoms with van der Waals surface area (Å²) in [6.07, 6.45) is 2.04. The van der Waals surface area contributed by atoms with Crippen molar-refractivity contribution in [3.05, 3.63) is 24.0 Å². The molecule has 3 rings (SSSR count). The van der Waals surface area contributed by atoms with Crippen LogP contribution in [-0.4, -0.2) is 46.5 Å². The van der Waals surface area contributed by atoms with E-state index in [-0.39, 0.29) is 17.1 Å². The van der Waals surface area contributed by atoms with E-state index in [2.05, 4.69) is 25.4 Å². The maximum absolute atomic E-state index is 13.8. The first-order valence-electron chi connectivity index (χ1n) is 7.01. The van der Waals surface area contributed by atoms with Crippen molar-refractivity contribution in [3.8, 4) is 17.1 Å². The molecule has 2 aromatic rings. The summed E-state index contributed by atoms with van der Waals surface area (Å²) in [5, 5.41) is 19.9. The zero-order valence-corrected chi connectivity index (χ0v) is 11.8. The minimum atomic E-state index is -0.522. The smallest absolute Gasteiger partial charge is 0.245 e. The van der Waals surface area contributed by atoms with Crippen LogP contribution in [0.1, 0.15) is 12.8 Å². The number of rotatable bonds is 3. The highest BCUT2D eigenvalue weighted by Crippen LogP contribution is 2.30. The number of hydrogen-bond acceptors (Lipinski definition) is 5. The molecule has 1 aliphatic heterocycles. The van der Waals surface area contributed by atoms with Crippen molar-refractivity contribution in [2.75, 3.05) is 25.0 Å². The van der Waals surface area contributed by atoms with E-state index in [1.54, 1.807) is 0 Å². The van der Waals surface area contributed by atoms with Crippen molar-refractivity contribution in [2.45, 2.75) is 18.9 Å². The molecule has 1 fully saturated rings. The molecule has 0 atom stereocenters. The molecule has 0 aliphatic carbocycles. The van der Waals surface area contributed by atoms with Gasteiger partial charge in [0.2, 0.25) is 5.95 Å². The van der Waals surface area contributed by atoms with Gasteiger partial charge in [-0.2, -0.15) is 4.98 Å². The second-order valence-corrected chi connectivity index (χ2v) is 5.17. The number of nitrogens with one attached hydrogen (secondary N) is 2. The highest BCUT2D eigenvalue weighted by molar-refractivity contribution is 5.65. The molecule has 21 heavy (non-hydrogen) atoms. The number of halogens is 1. The Balaban J connectivity index is 1.81. The third kappa shape index (κ3) is 2.69. The number of aromatic hydroxyl groups is 1. The van der Waals surface area contributed by atoms with Gasteiger partial charge >= 0.3 is 0 Å². The molecule has 1 aliphatic rings. The van der Waals surface area contributed by atoms with Gasteiger partial charge in [0.05, 0.1) is 5.56 Å². The molecule has 112 valence electrons. The molecule has 0 bridgehead atoms. The van der Waals surface area contributed by atoms with Gasteiger partial charge in [-0.15, -0.1) is 5.10 Å². The molecule has 0 unspecified atom stereocenters. The van der Waals surface area contributed by atoms with Crippen LogP contribution in [0.25, 0.3) is 11.4 Å². The van der Waals surface area contributed by atoms with Crippen molar-refractivity contribution >= 4 is 5.95 Å². The molecular weight excluding hydrogens is 273 g/mol. The first kappa shape index (κ1) is 13.8. The predicted octanol–water partition coefficient (Wildman–Crippen LogP) is 1.50. The summed E-state index contributed by atoms with van der Waals surface area (Å²) >= 11 is 0. The quantitative estimate of drug-likeness (QED) is 0.799. The minimum Gasteiger partial charge on any atom is -0.507 e. The minimum absolute atomic E-state index is 0.0568. The number of phenols is 1. The molecule has 0 saturated carbocycles. The SMILES string of the molecule is CNC1CCN(c2n[nH]c(-c3c(O)cccc3F)n2)CC1. The number of nitrogens with zero attached hydrogens (tertiary/aromatic N) is 3. The highest BCUT2D eigenvalue weighted by Gasteiger charge is 2.22. The molecule has 1 aromatic heterocycles. The number of aromatic amines is 1. The Morgan fingerprint density at radius 1 is 1.38 bits per heavy atom. The van der Waals surface area contributed by atoms with Crippen LogP contribution in [0.3, 0.4) is 0 Å². The van der Waals surface area contributed by atoms with Gasteiger partial charge in [-0.1, -0.05) is 6.07 Å². The molecule has 0 spiro atoms. The zero-order valence-electron chi connectivity index (χ0n) is 11.8. The zero-order chi connectivity index (χ0) is 14.8. The molecule has 0 radical (unpaired) electrons. The van der Waals surface area contributed by atoms with Crippen molar-refractivity contribution < 1.29 is 9.50 Å². The van der Waals surface area contributed by atoms with E-state index in [1.165, 1.54) is 18.2 Å². The average Bonchev–Trinajstić information content (AvgIpc) is 2.97. The van der Waals surface area contributed by atoms with E-state index in [0.29, 0.717) is 12.0 Å². The van der Waals surface area contributed by atoms with Gasteiger partial charge in [-0.05, 0) is 32.0 Å². The third-order valence-corrected chi connectivity index (χ3v) is 3.89. The van der Waals surface area contributed by atoms with E-state index >= 15 is 0 Å². The second kappa shape index (κ2) is 5.69. The topological polar surface area (TPSA) is 77.1 Å². The molecule has 6 nitrogen and oxygen atoms in total. The normalized spacial score (nSPS) is 16.4. The standard InChI is InChI=1S/C14H18FN5O/c1-16-9-5-7-20(8-6-9)14-17-13(18-19-14)12-10(15)3-2-4-11(12)21/h2-4,9,16,21H,5-8H2,1H3,(H,17,18,19). The Morgan fingerprint density at radius 2 is 2.14 bits per heavy atom. The summed E-state index contributed by atoms with van der Waals surface area (Å²) in [4.78, 5) is 6.38. The maximum atomic E-state index is 13.8. The van der Waals surface area contributed by atoms with Crippen LogP contribution < -0.4 is 10.2 Å². The van der Waals surface area contributed by atoms with Gasteiger partial charge in [0, 0.05) is 19.1 Å². The summed E-state index contributed by atoms with van der Waals surface area (Å²) in [7, 11) is 1.96. The lowest BCUT2D eigenvalue weighted by molar-refractivity contribution is 0.439. The van der Waals surface area contributed by atoms with Gasteiger partial charge in [0.15, 0.2) is 5.82 Å². The van der Waals surface area contributed by atoms with Crippen molar-refractivity contribution in [3.63, 3.8) is 0 Å². The van der Waals surface area contributed by atoms with Crippen molar-refractivity contribution in [1.82, 2.24) is 20.5 Å². The monoisotopic (exact) mass is 291 g/mol. The fourth-order valence-electron chi connectivity index (χ4n) is 2.62. The van der Waals surface area contributed by atoms with Crippen molar-refractivity contribution in [2.24, 2.45) is 0 Å². The lowest BCUT2D eigenvalue weighted by Gasteiger charge is -2.30. The Hall–Kier alpha value is -2.15. The molecule has 1 aromatic carbocycles. The van der Waals surface area contributed by atoms with Crippen LogP contribution in [0, 0.1) is 5.82 Å². The second-order valence-electron chi connectivity index (χ2n) is 5.17. The first-order valence-corrected chi connectivity index (χ1v) is 7.01. The maximum Gasteiger partial charge on any atom is 0.245 e. The largest absolute Gasteiger partial charge is 0.507 e. The van der Waals surface area contributed by atoms with E-state index in [4.69, 9.17) is 0 Å². The van der Waals surface area contributed by atoms with Crippen LogP contribution in [0.15, 0.2) is 18.2 Å². The van der Waals surface area contributed by atoms with E-state index < -0.39 is 5.82 Å². The Bertz CT molecular complexity index is 601. The number of hydrogen-bond donors (Lipinski definition) is 3. The predicted molar refractivity (Wildman–Crippen MR) is 77.7 cm³/mol. The van der Waals surface area contributed by atoms with Crippen LogP contribution in [0.2, 0.25) is 0 Å². The fraction of sp³-hybridized carbons (Fsp3) is 0.429. The molecule has 2 heterocycles. The number of piperidine rings is 1. The van der Waals surface area contributed by atoms with Gasteiger partial charge in [-0.3, -0.25) is 5.10 Å². The summed E-state index contributed by atoms with van der Waals surface area (Å²) < 4.78 is 13.8. The molecule has 7 heteroatoms. The van der Waals surface area contributed by atoms with Gasteiger partial charge in [0.1, 0.15) is 11.6 Å². The summed E-state index contributed by atoms with van der Waals surface area (Å²) in [6, 6.07) is 4.69. The number of H-pyrrole nitrogens is 1. The van der Waals surface area contributed by atoms with E-state index in [1.807, 2.05) is 7.05 Å². The Labute approximate surface area is 122 Å². The molecule has 0 amide bonds. The highest BCUT2D eigenvalue weighted by atomic mass is 19.1. The number of anilines is 1. The molecule has 1 saturated heterocycles. The lowest BCUT2D eigenvalue weighted by atomic mass is 10.1. The van der Waals surface area contributed by atoms with Gasteiger partial charge in [0.25, 0.3) is 0 Å². The Morgan fingerprint density at radius 3 is 2.81 bits per heavy atom. The number of phenolic OH excluding ortho intramolecular Hbond substituents is 1. The third-order valence-electron chi connectivity index (χ3n) is 3.89. The van der Waals surface area contributed by atoms with Gasteiger partial charge < -0.3 is 15.3 Å². The van der Waals surface area contributed by atoms with Crippen molar-refractivity contribution in [1.29, 1.82) is 0 Å². The van der Waals surface area contributed by atoms with E-state index in [9.17, 15) is 9.50 Å². The fourth-order valence-corrected chi connectivity index (χ4v) is 2.62. The number of benzene rings is 1. The summed E-state index contributed by atoms with van der Waals surface area (Å²) in [5.74, 6) is 0.122. The molecule has 3 N–H and O–H groups in total. The average molecular weight is 291 g/mol. The van der Waals surface area contributed by atoms with Crippen LogP contribution in [-0.2, 0) is 0 Å². The van der Waals surface area contributed by atoms with Gasteiger partial charge in [-0.25, -0.2) is 4.39 Å². The van der Waals surface area contributed by atoms with Crippen LogP contribution >= 0.6 is 0 Å². The van der Waals surface area contributed by atoms with Crippen LogP contribution in [0.4, 0.5) is 10.3 Å².